The molecule has 3 heteroatoms. The maximum absolute atomic E-state index is 11.1. The van der Waals surface area contributed by atoms with Crippen molar-refractivity contribution in [3.8, 4) is 0 Å². The molecule has 0 spiro atoms. The third-order valence-electron chi connectivity index (χ3n) is 2.27. The highest BCUT2D eigenvalue weighted by Crippen LogP contribution is 2.36. The number of Topliss-reactive ketones (excluding diaryl/α,β-unsaturated/α-hetero) is 1. The van der Waals surface area contributed by atoms with Gasteiger partial charge in [0.1, 0.15) is 12.2 Å². The van der Waals surface area contributed by atoms with Crippen LogP contribution in [0.5, 0.6) is 0 Å². The lowest BCUT2D eigenvalue weighted by atomic mass is 9.88. The largest absolute Gasteiger partial charge is 0.390 e. The van der Waals surface area contributed by atoms with Crippen molar-refractivity contribution in [2.45, 2.75) is 31.7 Å². The van der Waals surface area contributed by atoms with E-state index in [4.69, 9.17) is 4.74 Å². The second-order valence-corrected chi connectivity index (χ2v) is 3.13. The molecule has 4 atom stereocenters. The molecule has 1 N–H and O–H groups in total. The monoisotopic (exact) mass is 142 g/mol. The van der Waals surface area contributed by atoms with Crippen molar-refractivity contribution in [3.05, 3.63) is 0 Å². The van der Waals surface area contributed by atoms with Crippen LogP contribution in [-0.2, 0) is 9.53 Å². The Kier molecular flexibility index (Phi) is 1.13. The van der Waals surface area contributed by atoms with Crippen molar-refractivity contribution in [3.63, 3.8) is 0 Å². The number of ketones is 1. The maximum atomic E-state index is 11.1. The molecule has 2 aliphatic rings. The lowest BCUT2D eigenvalue weighted by Gasteiger charge is -2.16. The van der Waals surface area contributed by atoms with E-state index in [0.717, 1.165) is 0 Å². The van der Waals surface area contributed by atoms with Crippen LogP contribution in [0, 0.1) is 5.92 Å². The number of ether oxygens (including phenoxy) is 1. The van der Waals surface area contributed by atoms with Crippen molar-refractivity contribution >= 4 is 5.78 Å². The molecule has 3 nitrogen and oxygen atoms in total. The van der Waals surface area contributed by atoms with E-state index in [2.05, 4.69) is 0 Å². The molecule has 1 heterocycles. The Labute approximate surface area is 59.0 Å². The van der Waals surface area contributed by atoms with Gasteiger partial charge in [-0.2, -0.15) is 0 Å². The molecule has 1 saturated heterocycles. The molecule has 0 radical (unpaired) electrons. The molecule has 1 aliphatic heterocycles. The number of aliphatic hydroxyl groups is 1. The fourth-order valence-electron chi connectivity index (χ4n) is 1.54. The summed E-state index contributed by atoms with van der Waals surface area (Å²) in [5.41, 5.74) is 0. The van der Waals surface area contributed by atoms with Gasteiger partial charge in [-0.25, -0.2) is 0 Å². The lowest BCUT2D eigenvalue weighted by molar-refractivity contribution is -0.125. The van der Waals surface area contributed by atoms with Crippen molar-refractivity contribution in [1.29, 1.82) is 0 Å². The Morgan fingerprint density at radius 3 is 3.10 bits per heavy atom. The summed E-state index contributed by atoms with van der Waals surface area (Å²) < 4.78 is 4.97. The molecule has 56 valence electrons. The molecule has 1 saturated carbocycles. The van der Waals surface area contributed by atoms with Crippen molar-refractivity contribution in [2.75, 3.05) is 0 Å². The van der Waals surface area contributed by atoms with Gasteiger partial charge >= 0.3 is 0 Å². The van der Waals surface area contributed by atoms with Crippen LogP contribution >= 0.6 is 0 Å². The van der Waals surface area contributed by atoms with Gasteiger partial charge in [0.15, 0.2) is 5.78 Å². The Morgan fingerprint density at radius 1 is 1.70 bits per heavy atom. The van der Waals surface area contributed by atoms with Gasteiger partial charge < -0.3 is 9.84 Å². The van der Waals surface area contributed by atoms with Crippen LogP contribution in [0.25, 0.3) is 0 Å². The van der Waals surface area contributed by atoms with E-state index in [9.17, 15) is 9.90 Å². The number of aliphatic hydroxyl groups excluding tert-OH is 1. The summed E-state index contributed by atoms with van der Waals surface area (Å²) >= 11 is 0. The van der Waals surface area contributed by atoms with Crippen LogP contribution in [-0.4, -0.2) is 29.2 Å². The highest BCUT2D eigenvalue weighted by molar-refractivity contribution is 5.89. The highest BCUT2D eigenvalue weighted by Gasteiger charge is 2.54. The standard InChI is InChI=1S/C7H10O3/c1-3-2-4(8)6-7(10-6)5(3)9/h3-4,6-8H,2H2,1H3/t3-,4+,6+,7-/m1/s1. The first-order valence-corrected chi connectivity index (χ1v) is 3.57. The molecule has 0 aromatic heterocycles. The first kappa shape index (κ1) is 6.31. The maximum Gasteiger partial charge on any atom is 0.167 e. The summed E-state index contributed by atoms with van der Waals surface area (Å²) in [5, 5.41) is 9.23. The fraction of sp³-hybridized carbons (Fsp3) is 0.857. The number of hydrogen-bond donors (Lipinski definition) is 1. The van der Waals surface area contributed by atoms with Gasteiger partial charge in [0.2, 0.25) is 0 Å². The normalized spacial score (nSPS) is 52.4. The number of fused-ring (bicyclic) bond motifs is 1. The summed E-state index contributed by atoms with van der Waals surface area (Å²) in [4.78, 5) is 11.1. The minimum atomic E-state index is -0.405. The van der Waals surface area contributed by atoms with E-state index in [0.29, 0.717) is 6.42 Å². The summed E-state index contributed by atoms with van der Waals surface area (Å²) in [7, 11) is 0. The molecule has 0 aromatic carbocycles. The van der Waals surface area contributed by atoms with E-state index in [1.54, 1.807) is 0 Å². The van der Waals surface area contributed by atoms with Gasteiger partial charge in [0.25, 0.3) is 0 Å². The molecular weight excluding hydrogens is 132 g/mol. The molecular formula is C7H10O3. The summed E-state index contributed by atoms with van der Waals surface area (Å²) in [5.74, 6) is 0.147. The van der Waals surface area contributed by atoms with E-state index < -0.39 is 6.10 Å². The van der Waals surface area contributed by atoms with Crippen LogP contribution in [0.15, 0.2) is 0 Å². The van der Waals surface area contributed by atoms with E-state index >= 15 is 0 Å². The van der Waals surface area contributed by atoms with Crippen molar-refractivity contribution in [2.24, 2.45) is 5.92 Å². The zero-order valence-electron chi connectivity index (χ0n) is 5.78. The van der Waals surface area contributed by atoms with Gasteiger partial charge in [0.05, 0.1) is 6.10 Å². The molecule has 2 fully saturated rings. The van der Waals surface area contributed by atoms with Gasteiger partial charge in [-0.1, -0.05) is 6.92 Å². The highest BCUT2D eigenvalue weighted by atomic mass is 16.6. The fourth-order valence-corrected chi connectivity index (χ4v) is 1.54. The first-order valence-electron chi connectivity index (χ1n) is 3.57. The summed E-state index contributed by atoms with van der Waals surface area (Å²) in [6.45, 7) is 1.84. The SMILES string of the molecule is C[C@@H]1C[C@H](O)[C@@H]2O[C@@H]2C1=O. The van der Waals surface area contributed by atoms with Crippen molar-refractivity contribution < 1.29 is 14.6 Å². The van der Waals surface area contributed by atoms with Crippen LogP contribution in [0.4, 0.5) is 0 Å². The molecule has 10 heavy (non-hydrogen) atoms. The Bertz CT molecular complexity index is 174. The minimum Gasteiger partial charge on any atom is -0.390 e. The number of carbonyl (C=O) groups is 1. The summed E-state index contributed by atoms with van der Waals surface area (Å²) in [6.07, 6.45) is -0.264. The number of rotatable bonds is 0. The number of carbonyl (C=O) groups excluding carboxylic acids is 1. The van der Waals surface area contributed by atoms with Gasteiger partial charge in [0, 0.05) is 5.92 Å². The van der Waals surface area contributed by atoms with Crippen LogP contribution in [0.3, 0.4) is 0 Å². The molecule has 1 aliphatic carbocycles. The van der Waals surface area contributed by atoms with E-state index in [1.165, 1.54) is 0 Å². The van der Waals surface area contributed by atoms with Gasteiger partial charge in [-0.3, -0.25) is 4.79 Å². The third-order valence-corrected chi connectivity index (χ3v) is 2.27. The van der Waals surface area contributed by atoms with E-state index in [1.807, 2.05) is 6.92 Å². The zero-order chi connectivity index (χ0) is 7.30. The Hall–Kier alpha value is -0.410. The zero-order valence-corrected chi connectivity index (χ0v) is 5.78. The quantitative estimate of drug-likeness (QED) is 0.473. The Morgan fingerprint density at radius 2 is 2.40 bits per heavy atom. The average molecular weight is 142 g/mol. The van der Waals surface area contributed by atoms with Crippen molar-refractivity contribution in [1.82, 2.24) is 0 Å². The Balaban J connectivity index is 2.12. The van der Waals surface area contributed by atoms with Crippen LogP contribution < -0.4 is 0 Å². The first-order chi connectivity index (χ1) is 4.70. The second-order valence-electron chi connectivity index (χ2n) is 3.13. The van der Waals surface area contributed by atoms with Crippen LogP contribution in [0.2, 0.25) is 0 Å². The molecule has 2 rings (SSSR count). The van der Waals surface area contributed by atoms with Crippen LogP contribution in [0.1, 0.15) is 13.3 Å². The third kappa shape index (κ3) is 0.707. The predicted molar refractivity (Wildman–Crippen MR) is 33.5 cm³/mol. The topological polar surface area (TPSA) is 49.8 Å². The number of hydrogen-bond acceptors (Lipinski definition) is 3. The minimum absolute atomic E-state index is 0.0150. The molecule has 0 unspecified atom stereocenters. The number of epoxide rings is 1. The predicted octanol–water partition coefficient (Wildman–Crippen LogP) is -0.276. The molecule has 0 amide bonds. The molecule has 0 bridgehead atoms. The average Bonchev–Trinajstić information content (AvgIpc) is 2.61. The smallest absolute Gasteiger partial charge is 0.167 e. The van der Waals surface area contributed by atoms with E-state index in [-0.39, 0.29) is 23.9 Å². The van der Waals surface area contributed by atoms with Gasteiger partial charge in [-0.05, 0) is 6.42 Å². The second kappa shape index (κ2) is 1.80. The molecule has 0 aromatic rings. The lowest BCUT2D eigenvalue weighted by Crippen LogP contribution is -2.33. The van der Waals surface area contributed by atoms with Gasteiger partial charge in [-0.15, -0.1) is 0 Å². The summed E-state index contributed by atoms with van der Waals surface area (Å²) in [6, 6.07) is 0.